The number of aromatic nitrogens is 1. The van der Waals surface area contributed by atoms with Crippen molar-refractivity contribution in [1.82, 2.24) is 10.3 Å². The summed E-state index contributed by atoms with van der Waals surface area (Å²) < 4.78 is 0. The van der Waals surface area contributed by atoms with Gasteiger partial charge in [0.1, 0.15) is 5.75 Å². The molecule has 27 heavy (non-hydrogen) atoms. The van der Waals surface area contributed by atoms with Crippen LogP contribution in [0.1, 0.15) is 34.3 Å². The second-order valence-corrected chi connectivity index (χ2v) is 7.38. The predicted molar refractivity (Wildman–Crippen MR) is 110 cm³/mol. The Balaban J connectivity index is 1.75. The van der Waals surface area contributed by atoms with Crippen molar-refractivity contribution < 1.29 is 5.11 Å². The number of phenols is 1. The average Bonchev–Trinajstić information content (AvgIpc) is 3.08. The number of halogens is 1. The summed E-state index contributed by atoms with van der Waals surface area (Å²) in [7, 11) is 0. The Hall–Kier alpha value is -2.75. The van der Waals surface area contributed by atoms with Gasteiger partial charge in [0.25, 0.3) is 0 Å². The summed E-state index contributed by atoms with van der Waals surface area (Å²) >= 11 is 6.54. The molecule has 3 nitrogen and oxygen atoms in total. The summed E-state index contributed by atoms with van der Waals surface area (Å²) in [4.78, 5) is 3.59. The average molecular weight is 375 g/mol. The fraction of sp³-hybridized carbons (Fsp3) is 0.130. The molecule has 1 aromatic heterocycles. The van der Waals surface area contributed by atoms with E-state index in [9.17, 15) is 5.11 Å². The molecule has 1 aliphatic heterocycles. The van der Waals surface area contributed by atoms with E-state index in [1.807, 2.05) is 42.5 Å². The summed E-state index contributed by atoms with van der Waals surface area (Å²) in [5.74, 6) is 0.447. The van der Waals surface area contributed by atoms with Crippen LogP contribution in [0.3, 0.4) is 0 Å². The summed E-state index contributed by atoms with van der Waals surface area (Å²) in [5.41, 5.74) is 5.44. The molecule has 0 bridgehead atoms. The van der Waals surface area contributed by atoms with Crippen molar-refractivity contribution in [2.45, 2.75) is 12.0 Å². The number of aromatic hydroxyl groups is 1. The molecule has 0 aliphatic carbocycles. The monoisotopic (exact) mass is 374 g/mol. The molecule has 5 rings (SSSR count). The van der Waals surface area contributed by atoms with Crippen LogP contribution in [0.4, 0.5) is 0 Å². The Kier molecular flexibility index (Phi) is 3.92. The minimum atomic E-state index is -0.0904. The maximum absolute atomic E-state index is 10.4. The molecule has 134 valence electrons. The molecule has 4 heteroatoms. The van der Waals surface area contributed by atoms with Gasteiger partial charge in [-0.05, 0) is 29.3 Å². The lowest BCUT2D eigenvalue weighted by atomic mass is 9.83. The lowest BCUT2D eigenvalue weighted by Gasteiger charge is -2.32. The van der Waals surface area contributed by atoms with E-state index >= 15 is 0 Å². The van der Waals surface area contributed by atoms with E-state index in [1.54, 1.807) is 6.07 Å². The molecule has 2 heterocycles. The minimum Gasteiger partial charge on any atom is -0.508 e. The first-order valence-electron chi connectivity index (χ1n) is 9.10. The number of hydrogen-bond acceptors (Lipinski definition) is 2. The van der Waals surface area contributed by atoms with Gasteiger partial charge >= 0.3 is 0 Å². The number of para-hydroxylation sites is 2. The van der Waals surface area contributed by atoms with Crippen LogP contribution in [-0.4, -0.2) is 16.6 Å². The van der Waals surface area contributed by atoms with Crippen LogP contribution in [-0.2, 0) is 0 Å². The van der Waals surface area contributed by atoms with Crippen molar-refractivity contribution in [3.8, 4) is 5.75 Å². The van der Waals surface area contributed by atoms with Gasteiger partial charge in [0.2, 0.25) is 0 Å². The Morgan fingerprint density at radius 2 is 1.56 bits per heavy atom. The number of nitrogens with one attached hydrogen (secondary N) is 2. The van der Waals surface area contributed by atoms with Gasteiger partial charge in [-0.2, -0.15) is 0 Å². The molecule has 1 aliphatic rings. The molecule has 2 atom stereocenters. The van der Waals surface area contributed by atoms with Gasteiger partial charge in [-0.3, -0.25) is 0 Å². The van der Waals surface area contributed by atoms with Crippen LogP contribution in [0.5, 0.6) is 5.75 Å². The van der Waals surface area contributed by atoms with Gasteiger partial charge < -0.3 is 15.4 Å². The van der Waals surface area contributed by atoms with Crippen LogP contribution in [0, 0.1) is 0 Å². The zero-order valence-electron chi connectivity index (χ0n) is 14.6. The highest BCUT2D eigenvalue weighted by Gasteiger charge is 2.33. The van der Waals surface area contributed by atoms with E-state index in [1.165, 1.54) is 10.9 Å². The molecule has 0 saturated carbocycles. The largest absolute Gasteiger partial charge is 0.508 e. The SMILES string of the molecule is Oc1ccccc1[C@@H]1NC[C@H](c2ccccc2Cl)c2c1[nH]c1ccccc21. The molecule has 0 amide bonds. The Morgan fingerprint density at radius 3 is 2.37 bits per heavy atom. The van der Waals surface area contributed by atoms with Crippen molar-refractivity contribution in [2.75, 3.05) is 6.54 Å². The van der Waals surface area contributed by atoms with Gasteiger partial charge in [0, 0.05) is 39.6 Å². The van der Waals surface area contributed by atoms with Crippen molar-refractivity contribution in [2.24, 2.45) is 0 Å². The highest BCUT2D eigenvalue weighted by molar-refractivity contribution is 6.31. The zero-order chi connectivity index (χ0) is 18.4. The smallest absolute Gasteiger partial charge is 0.120 e. The highest BCUT2D eigenvalue weighted by atomic mass is 35.5. The Labute approximate surface area is 162 Å². The first kappa shape index (κ1) is 16.4. The van der Waals surface area contributed by atoms with E-state index in [4.69, 9.17) is 11.6 Å². The second kappa shape index (κ2) is 6.45. The maximum Gasteiger partial charge on any atom is 0.120 e. The van der Waals surface area contributed by atoms with Gasteiger partial charge in [0.15, 0.2) is 0 Å². The number of benzene rings is 3. The Bertz CT molecular complexity index is 1130. The summed E-state index contributed by atoms with van der Waals surface area (Å²) in [6.45, 7) is 0.748. The number of aromatic amines is 1. The van der Waals surface area contributed by atoms with E-state index in [0.29, 0.717) is 5.75 Å². The summed E-state index contributed by atoms with van der Waals surface area (Å²) in [5, 5.41) is 16.0. The zero-order valence-corrected chi connectivity index (χ0v) is 15.4. The standard InChI is InChI=1S/C23H19ClN2O/c24-18-10-4-1-7-14(18)17-13-25-22(16-9-3-6-12-20(16)27)23-21(17)15-8-2-5-11-19(15)26-23/h1-12,17,22,25-27H,13H2/t17-,22+/m1/s1. The van der Waals surface area contributed by atoms with E-state index in [-0.39, 0.29) is 12.0 Å². The van der Waals surface area contributed by atoms with Crippen molar-refractivity contribution in [3.05, 3.63) is 100 Å². The van der Waals surface area contributed by atoms with Gasteiger partial charge in [-0.15, -0.1) is 0 Å². The number of H-pyrrole nitrogens is 1. The molecule has 0 spiro atoms. The molecule has 0 radical (unpaired) electrons. The second-order valence-electron chi connectivity index (χ2n) is 6.97. The normalized spacial score (nSPS) is 19.1. The summed E-state index contributed by atoms with van der Waals surface area (Å²) in [6.07, 6.45) is 0. The van der Waals surface area contributed by atoms with Crippen molar-refractivity contribution in [1.29, 1.82) is 0 Å². The maximum atomic E-state index is 10.4. The number of phenolic OH excluding ortho intramolecular Hbond substituents is 1. The lowest BCUT2D eigenvalue weighted by molar-refractivity contribution is 0.448. The predicted octanol–water partition coefficient (Wildman–Crippen LogP) is 5.35. The lowest BCUT2D eigenvalue weighted by Crippen LogP contribution is -2.34. The topological polar surface area (TPSA) is 48.0 Å². The molecule has 0 saturated heterocycles. The van der Waals surface area contributed by atoms with E-state index in [0.717, 1.165) is 33.9 Å². The van der Waals surface area contributed by atoms with Crippen LogP contribution in [0.15, 0.2) is 72.8 Å². The molecule has 4 aromatic rings. The van der Waals surface area contributed by atoms with Crippen LogP contribution in [0.2, 0.25) is 5.02 Å². The third-order valence-electron chi connectivity index (χ3n) is 5.47. The highest BCUT2D eigenvalue weighted by Crippen LogP contribution is 2.44. The molecule has 0 fully saturated rings. The van der Waals surface area contributed by atoms with E-state index < -0.39 is 0 Å². The Morgan fingerprint density at radius 1 is 0.852 bits per heavy atom. The van der Waals surface area contributed by atoms with Crippen LogP contribution >= 0.6 is 11.6 Å². The first-order valence-corrected chi connectivity index (χ1v) is 9.48. The van der Waals surface area contributed by atoms with E-state index in [2.05, 4.69) is 34.6 Å². The van der Waals surface area contributed by atoms with Gasteiger partial charge in [0.05, 0.1) is 6.04 Å². The molecular weight excluding hydrogens is 356 g/mol. The van der Waals surface area contributed by atoms with Gasteiger partial charge in [-0.1, -0.05) is 66.2 Å². The minimum absolute atomic E-state index is 0.0904. The quantitative estimate of drug-likeness (QED) is 0.443. The molecule has 3 N–H and O–H groups in total. The number of hydrogen-bond donors (Lipinski definition) is 3. The molecular formula is C23H19ClN2O. The van der Waals surface area contributed by atoms with Crippen LogP contribution in [0.25, 0.3) is 10.9 Å². The van der Waals surface area contributed by atoms with Crippen molar-refractivity contribution in [3.63, 3.8) is 0 Å². The third kappa shape index (κ3) is 2.62. The van der Waals surface area contributed by atoms with Crippen LogP contribution < -0.4 is 5.32 Å². The summed E-state index contributed by atoms with van der Waals surface area (Å²) in [6, 6.07) is 23.8. The molecule has 0 unspecified atom stereocenters. The first-order chi connectivity index (χ1) is 13.2. The fourth-order valence-corrected chi connectivity index (χ4v) is 4.52. The van der Waals surface area contributed by atoms with Gasteiger partial charge in [-0.25, -0.2) is 0 Å². The number of fused-ring (bicyclic) bond motifs is 3. The fourth-order valence-electron chi connectivity index (χ4n) is 4.25. The number of rotatable bonds is 2. The third-order valence-corrected chi connectivity index (χ3v) is 5.81. The molecule has 3 aromatic carbocycles. The van der Waals surface area contributed by atoms with Crippen molar-refractivity contribution >= 4 is 22.5 Å².